The quantitative estimate of drug-likeness (QED) is 0.411. The highest BCUT2D eigenvalue weighted by Crippen LogP contribution is 1.92. The Balaban J connectivity index is 2.56. The van der Waals surface area contributed by atoms with Crippen LogP contribution in [-0.4, -0.2) is 6.21 Å². The minimum absolute atomic E-state index is 0.911. The van der Waals surface area contributed by atoms with Gasteiger partial charge in [0.25, 0.3) is 0 Å². The summed E-state index contributed by atoms with van der Waals surface area (Å²) in [4.78, 5) is 0. The molecular weight excluding hydrogens is 86.1 g/mol. The maximum atomic E-state index is 6.64. The maximum Gasteiger partial charge on any atom is -0.00476 e. The second-order valence-corrected chi connectivity index (χ2v) is 1.48. The van der Waals surface area contributed by atoms with Crippen molar-refractivity contribution in [2.24, 2.45) is 0 Å². The smallest absolute Gasteiger partial charge is 0.00476 e. The fourth-order valence-electron chi connectivity index (χ4n) is 0.405. The summed E-state index contributed by atoms with van der Waals surface area (Å²) in [7, 11) is 0. The lowest BCUT2D eigenvalue weighted by atomic mass is 10.2. The molecule has 0 heterocycles. The molecule has 0 saturated heterocycles. The standard InChI is InChI=1S/C6H12N/c1-2-3-4-5-6-7/h3,6-7H,2,4-5H2,1H3. The van der Waals surface area contributed by atoms with E-state index in [1.54, 1.807) is 0 Å². The molecule has 0 aromatic heterocycles. The molecule has 0 aromatic carbocycles. The van der Waals surface area contributed by atoms with Gasteiger partial charge >= 0.3 is 0 Å². The lowest BCUT2D eigenvalue weighted by molar-refractivity contribution is 0.928. The van der Waals surface area contributed by atoms with Gasteiger partial charge < -0.3 is 5.41 Å². The van der Waals surface area contributed by atoms with Crippen molar-refractivity contribution < 1.29 is 0 Å². The van der Waals surface area contributed by atoms with Crippen molar-refractivity contribution in [1.82, 2.24) is 0 Å². The SMILES string of the molecule is CC[CH]CCC=N. The van der Waals surface area contributed by atoms with Gasteiger partial charge in [0.2, 0.25) is 0 Å². The first-order valence-corrected chi connectivity index (χ1v) is 2.72. The van der Waals surface area contributed by atoms with Crippen molar-refractivity contribution in [2.45, 2.75) is 26.2 Å². The van der Waals surface area contributed by atoms with Gasteiger partial charge in [0.15, 0.2) is 0 Å². The van der Waals surface area contributed by atoms with Gasteiger partial charge in [-0.25, -0.2) is 0 Å². The van der Waals surface area contributed by atoms with E-state index >= 15 is 0 Å². The van der Waals surface area contributed by atoms with Crippen molar-refractivity contribution in [1.29, 1.82) is 5.41 Å². The van der Waals surface area contributed by atoms with Gasteiger partial charge in [0.1, 0.15) is 0 Å². The molecule has 0 amide bonds. The van der Waals surface area contributed by atoms with Gasteiger partial charge in [-0.2, -0.15) is 0 Å². The largest absolute Gasteiger partial charge is 0.313 e. The average Bonchev–Trinajstić information content (AvgIpc) is 1.69. The van der Waals surface area contributed by atoms with Crippen molar-refractivity contribution in [2.75, 3.05) is 0 Å². The van der Waals surface area contributed by atoms with Crippen LogP contribution in [0.25, 0.3) is 0 Å². The molecule has 0 bridgehead atoms. The average molecular weight is 98.2 g/mol. The van der Waals surface area contributed by atoms with Crippen LogP contribution in [0.4, 0.5) is 0 Å². The van der Waals surface area contributed by atoms with E-state index in [1.165, 1.54) is 6.21 Å². The third-order valence-corrected chi connectivity index (χ3v) is 0.804. The molecule has 0 aliphatic rings. The van der Waals surface area contributed by atoms with Gasteiger partial charge in [0, 0.05) is 0 Å². The van der Waals surface area contributed by atoms with Crippen LogP contribution in [0, 0.1) is 11.8 Å². The monoisotopic (exact) mass is 98.1 g/mol. The molecule has 0 aliphatic carbocycles. The van der Waals surface area contributed by atoms with Gasteiger partial charge in [0.05, 0.1) is 0 Å². The van der Waals surface area contributed by atoms with Crippen LogP contribution < -0.4 is 0 Å². The summed E-state index contributed by atoms with van der Waals surface area (Å²) in [5, 5.41) is 6.64. The van der Waals surface area contributed by atoms with Gasteiger partial charge in [-0.3, -0.25) is 0 Å². The zero-order valence-corrected chi connectivity index (χ0v) is 4.78. The fraction of sp³-hybridized carbons (Fsp3) is 0.667. The summed E-state index contributed by atoms with van der Waals surface area (Å²) in [5.41, 5.74) is 0. The topological polar surface area (TPSA) is 23.9 Å². The highest BCUT2D eigenvalue weighted by molar-refractivity contribution is 5.52. The molecule has 41 valence electrons. The first-order chi connectivity index (χ1) is 3.41. The molecule has 0 saturated carbocycles. The predicted molar refractivity (Wildman–Crippen MR) is 32.6 cm³/mol. The summed E-state index contributed by atoms with van der Waals surface area (Å²) in [6.45, 7) is 2.12. The lowest BCUT2D eigenvalue weighted by Gasteiger charge is -1.86. The first-order valence-electron chi connectivity index (χ1n) is 2.72. The van der Waals surface area contributed by atoms with E-state index in [2.05, 4.69) is 13.3 Å². The molecule has 1 radical (unpaired) electrons. The third-order valence-electron chi connectivity index (χ3n) is 0.804. The lowest BCUT2D eigenvalue weighted by Crippen LogP contribution is -1.74. The van der Waals surface area contributed by atoms with Crippen LogP contribution in [0.15, 0.2) is 0 Å². The Morgan fingerprint density at radius 3 is 2.57 bits per heavy atom. The Morgan fingerprint density at radius 2 is 2.14 bits per heavy atom. The summed E-state index contributed by atoms with van der Waals surface area (Å²) < 4.78 is 0. The summed E-state index contributed by atoms with van der Waals surface area (Å²) >= 11 is 0. The van der Waals surface area contributed by atoms with Crippen LogP contribution in [-0.2, 0) is 0 Å². The predicted octanol–water partition coefficient (Wildman–Crippen LogP) is 2.03. The van der Waals surface area contributed by atoms with Crippen molar-refractivity contribution >= 4 is 6.21 Å². The Kier molecular flexibility index (Phi) is 5.40. The van der Waals surface area contributed by atoms with Crippen LogP contribution in [0.3, 0.4) is 0 Å². The molecule has 1 heteroatoms. The normalized spacial score (nSPS) is 8.71. The van der Waals surface area contributed by atoms with E-state index in [0.29, 0.717) is 0 Å². The molecule has 0 spiro atoms. The summed E-state index contributed by atoms with van der Waals surface area (Å²) in [6, 6.07) is 0. The van der Waals surface area contributed by atoms with E-state index in [-0.39, 0.29) is 0 Å². The van der Waals surface area contributed by atoms with Crippen molar-refractivity contribution in [3.8, 4) is 0 Å². The van der Waals surface area contributed by atoms with Gasteiger partial charge in [-0.05, 0) is 25.5 Å². The van der Waals surface area contributed by atoms with E-state index in [1.807, 2.05) is 0 Å². The molecular formula is C6H12N. The Bertz CT molecular complexity index is 41.4. The Morgan fingerprint density at radius 1 is 1.43 bits per heavy atom. The minimum atomic E-state index is 0.911. The molecule has 0 aromatic rings. The van der Waals surface area contributed by atoms with Crippen molar-refractivity contribution in [3.63, 3.8) is 0 Å². The molecule has 0 atom stereocenters. The van der Waals surface area contributed by atoms with Crippen LogP contribution in [0.5, 0.6) is 0 Å². The number of hydrogen-bond acceptors (Lipinski definition) is 1. The summed E-state index contributed by atoms with van der Waals surface area (Å²) in [6.07, 6.45) is 6.75. The second-order valence-electron chi connectivity index (χ2n) is 1.48. The van der Waals surface area contributed by atoms with Crippen LogP contribution in [0.2, 0.25) is 0 Å². The maximum absolute atomic E-state index is 6.64. The van der Waals surface area contributed by atoms with Crippen LogP contribution >= 0.6 is 0 Å². The zero-order chi connectivity index (χ0) is 5.54. The highest BCUT2D eigenvalue weighted by atomic mass is 14.3. The molecule has 0 fully saturated rings. The molecule has 0 unspecified atom stereocenters. The molecule has 0 aliphatic heterocycles. The van der Waals surface area contributed by atoms with E-state index in [9.17, 15) is 0 Å². The zero-order valence-electron chi connectivity index (χ0n) is 4.78. The number of nitrogens with one attached hydrogen (secondary N) is 1. The Labute approximate surface area is 45.2 Å². The van der Waals surface area contributed by atoms with Gasteiger partial charge in [-0.15, -0.1) is 0 Å². The molecule has 1 N–H and O–H groups in total. The second kappa shape index (κ2) is 5.67. The van der Waals surface area contributed by atoms with E-state index < -0.39 is 0 Å². The van der Waals surface area contributed by atoms with Gasteiger partial charge in [-0.1, -0.05) is 13.3 Å². The number of rotatable bonds is 4. The van der Waals surface area contributed by atoms with E-state index in [4.69, 9.17) is 5.41 Å². The van der Waals surface area contributed by atoms with E-state index in [0.717, 1.165) is 19.3 Å². The Hall–Kier alpha value is -0.330. The number of unbranched alkanes of at least 4 members (excludes halogenated alkanes) is 3. The minimum Gasteiger partial charge on any atom is -0.313 e. The first kappa shape index (κ1) is 6.67. The summed E-state index contributed by atoms with van der Waals surface area (Å²) in [5.74, 6) is 0. The molecule has 0 rings (SSSR count). The number of hydrogen-bond donors (Lipinski definition) is 1. The van der Waals surface area contributed by atoms with Crippen LogP contribution in [0.1, 0.15) is 26.2 Å². The molecule has 7 heavy (non-hydrogen) atoms. The molecule has 1 nitrogen and oxygen atoms in total. The fourth-order valence-corrected chi connectivity index (χ4v) is 0.405. The highest BCUT2D eigenvalue weighted by Gasteiger charge is 1.78. The third kappa shape index (κ3) is 5.67. The van der Waals surface area contributed by atoms with Crippen molar-refractivity contribution in [3.05, 3.63) is 6.42 Å².